The van der Waals surface area contributed by atoms with Crippen LogP contribution < -0.4 is 5.73 Å². The summed E-state index contributed by atoms with van der Waals surface area (Å²) in [4.78, 5) is 45.9. The Morgan fingerprint density at radius 1 is 0.574 bits per heavy atom. The molecule has 0 aromatic rings. The van der Waals surface area contributed by atoms with E-state index in [1.807, 2.05) is 0 Å². The number of aliphatic carboxylic acids is 1. The first-order valence-corrected chi connectivity index (χ1v) is 22.9. The van der Waals surface area contributed by atoms with E-state index in [9.17, 15) is 23.8 Å². The molecule has 0 saturated carbocycles. The maximum Gasteiger partial charge on any atom is 0.472 e. The Morgan fingerprint density at radius 2 is 0.981 bits per heavy atom. The summed E-state index contributed by atoms with van der Waals surface area (Å²) >= 11 is 0. The van der Waals surface area contributed by atoms with Crippen LogP contribution in [-0.2, 0) is 37.5 Å². The number of phosphoric acid groups is 1. The van der Waals surface area contributed by atoms with Gasteiger partial charge in [0.2, 0.25) is 0 Å². The van der Waals surface area contributed by atoms with E-state index in [4.69, 9.17) is 24.8 Å². The summed E-state index contributed by atoms with van der Waals surface area (Å²) in [5.41, 5.74) is 5.33. The second-order valence-corrected chi connectivity index (χ2v) is 15.9. The van der Waals surface area contributed by atoms with Crippen LogP contribution in [0.1, 0.15) is 194 Å². The van der Waals surface area contributed by atoms with Gasteiger partial charge in [0.15, 0.2) is 6.10 Å². The second kappa shape index (κ2) is 37.9. The second-order valence-electron chi connectivity index (χ2n) is 14.5. The molecule has 316 valence electrons. The molecule has 0 aliphatic rings. The third-order valence-corrected chi connectivity index (χ3v) is 10.2. The Labute approximate surface area is 328 Å². The minimum absolute atomic E-state index is 0.148. The lowest BCUT2D eigenvalue weighted by Crippen LogP contribution is -2.34. The molecular formula is C42H78NO10P. The molecule has 3 atom stereocenters. The van der Waals surface area contributed by atoms with Crippen molar-refractivity contribution in [3.05, 3.63) is 24.3 Å². The summed E-state index contributed by atoms with van der Waals surface area (Å²) in [5.74, 6) is -2.39. The van der Waals surface area contributed by atoms with Gasteiger partial charge in [0.25, 0.3) is 0 Å². The van der Waals surface area contributed by atoms with Crippen LogP contribution in [0.15, 0.2) is 24.3 Å². The molecule has 0 aliphatic heterocycles. The first-order valence-electron chi connectivity index (χ1n) is 21.4. The monoisotopic (exact) mass is 788 g/mol. The van der Waals surface area contributed by atoms with Gasteiger partial charge in [-0.3, -0.25) is 23.4 Å². The highest BCUT2D eigenvalue weighted by molar-refractivity contribution is 7.47. The van der Waals surface area contributed by atoms with Crippen LogP contribution in [-0.4, -0.2) is 59.9 Å². The number of ether oxygens (including phenoxy) is 2. The number of nitrogens with two attached hydrogens (primary N) is 1. The lowest BCUT2D eigenvalue weighted by Gasteiger charge is -2.20. The molecule has 0 rings (SSSR count). The highest BCUT2D eigenvalue weighted by atomic mass is 31.2. The smallest absolute Gasteiger partial charge is 0.472 e. The van der Waals surface area contributed by atoms with Gasteiger partial charge in [0.05, 0.1) is 13.2 Å². The number of rotatable bonds is 40. The molecular weight excluding hydrogens is 709 g/mol. The van der Waals surface area contributed by atoms with Crippen LogP contribution in [0.3, 0.4) is 0 Å². The van der Waals surface area contributed by atoms with Gasteiger partial charge in [-0.1, -0.05) is 160 Å². The summed E-state index contributed by atoms with van der Waals surface area (Å²) in [6.45, 7) is 2.77. The third-order valence-electron chi connectivity index (χ3n) is 9.20. The number of hydrogen-bond acceptors (Lipinski definition) is 9. The van der Waals surface area contributed by atoms with Crippen molar-refractivity contribution in [1.29, 1.82) is 0 Å². The largest absolute Gasteiger partial charge is 0.480 e. The van der Waals surface area contributed by atoms with Gasteiger partial charge in [-0.05, 0) is 44.9 Å². The van der Waals surface area contributed by atoms with E-state index in [2.05, 4.69) is 42.7 Å². The van der Waals surface area contributed by atoms with Crippen LogP contribution in [0.5, 0.6) is 0 Å². The van der Waals surface area contributed by atoms with E-state index in [-0.39, 0.29) is 19.4 Å². The first kappa shape index (κ1) is 52.0. The van der Waals surface area contributed by atoms with Crippen molar-refractivity contribution in [3.8, 4) is 0 Å². The number of phosphoric ester groups is 1. The quantitative estimate of drug-likeness (QED) is 0.0233. The van der Waals surface area contributed by atoms with Crippen LogP contribution in [0.25, 0.3) is 0 Å². The van der Waals surface area contributed by atoms with Crippen molar-refractivity contribution in [3.63, 3.8) is 0 Å². The Morgan fingerprint density at radius 3 is 1.48 bits per heavy atom. The number of esters is 2. The van der Waals surface area contributed by atoms with Crippen molar-refractivity contribution in [2.75, 3.05) is 19.8 Å². The molecule has 0 aromatic heterocycles. The zero-order valence-corrected chi connectivity index (χ0v) is 35.0. The van der Waals surface area contributed by atoms with Gasteiger partial charge in [0, 0.05) is 12.8 Å². The van der Waals surface area contributed by atoms with Gasteiger partial charge in [-0.25, -0.2) is 4.57 Å². The number of hydrogen-bond donors (Lipinski definition) is 3. The minimum Gasteiger partial charge on any atom is -0.480 e. The number of carbonyl (C=O) groups excluding carboxylic acids is 2. The number of allylic oxidation sites excluding steroid dienone is 4. The van der Waals surface area contributed by atoms with Crippen molar-refractivity contribution >= 4 is 25.7 Å². The third kappa shape index (κ3) is 36.9. The Kier molecular flexibility index (Phi) is 36.4. The Hall–Kier alpha value is -2.04. The van der Waals surface area contributed by atoms with E-state index >= 15 is 0 Å². The van der Waals surface area contributed by atoms with Crippen LogP contribution in [0.2, 0.25) is 0 Å². The number of carboxylic acids is 1. The predicted molar refractivity (Wildman–Crippen MR) is 217 cm³/mol. The summed E-state index contributed by atoms with van der Waals surface area (Å²) in [6.07, 6.45) is 38.1. The molecule has 4 N–H and O–H groups in total. The van der Waals surface area contributed by atoms with Gasteiger partial charge >= 0.3 is 25.7 Å². The van der Waals surface area contributed by atoms with Crippen molar-refractivity contribution in [2.45, 2.75) is 206 Å². The van der Waals surface area contributed by atoms with E-state index < -0.39 is 51.1 Å². The average molecular weight is 788 g/mol. The lowest BCUT2D eigenvalue weighted by atomic mass is 10.0. The van der Waals surface area contributed by atoms with E-state index in [1.165, 1.54) is 89.9 Å². The topological polar surface area (TPSA) is 172 Å². The number of carbonyl (C=O) groups is 3. The molecule has 0 aliphatic carbocycles. The van der Waals surface area contributed by atoms with Crippen LogP contribution in [0, 0.1) is 0 Å². The van der Waals surface area contributed by atoms with E-state index in [0.717, 1.165) is 64.2 Å². The standard InChI is InChI=1S/C42H78NO10P/c1-3-5-7-9-11-13-15-17-19-21-23-25-27-29-31-33-40(44)50-35-38(36-51-54(48,49)52-37-39(43)42(46)47)53-41(45)34-32-30-28-26-24-22-20-18-16-14-12-10-8-6-4-2/h12,14,18,20,38-39H,3-11,13,15-17,19,21-37,43H2,1-2H3,(H,46,47)(H,48,49)/b14-12-,20-18-/t38?,39-/m0/s1. The molecule has 0 spiro atoms. The number of carboxylic acid groups (broad SMARTS) is 1. The molecule has 11 nitrogen and oxygen atoms in total. The van der Waals surface area contributed by atoms with Crippen molar-refractivity contribution < 1.29 is 47.5 Å². The number of unbranched alkanes of at least 4 members (excludes halogenated alkanes) is 22. The molecule has 12 heteroatoms. The molecule has 0 saturated heterocycles. The predicted octanol–water partition coefficient (Wildman–Crippen LogP) is 11.1. The summed E-state index contributed by atoms with van der Waals surface area (Å²) in [5, 5.41) is 8.88. The van der Waals surface area contributed by atoms with Gasteiger partial charge < -0.3 is 25.2 Å². The molecule has 0 fully saturated rings. The molecule has 2 unspecified atom stereocenters. The molecule has 0 amide bonds. The molecule has 54 heavy (non-hydrogen) atoms. The molecule has 0 heterocycles. The minimum atomic E-state index is -4.71. The maximum atomic E-state index is 12.6. The van der Waals surface area contributed by atoms with Crippen LogP contribution >= 0.6 is 7.82 Å². The van der Waals surface area contributed by atoms with Gasteiger partial charge in [-0.15, -0.1) is 0 Å². The van der Waals surface area contributed by atoms with E-state index in [0.29, 0.717) is 12.8 Å². The highest BCUT2D eigenvalue weighted by Gasteiger charge is 2.28. The average Bonchev–Trinajstić information content (AvgIpc) is 3.14. The first-order chi connectivity index (χ1) is 26.1. The van der Waals surface area contributed by atoms with Crippen molar-refractivity contribution in [2.24, 2.45) is 5.73 Å². The van der Waals surface area contributed by atoms with Crippen LogP contribution in [0.4, 0.5) is 0 Å². The fraction of sp³-hybridized carbons (Fsp3) is 0.833. The van der Waals surface area contributed by atoms with Gasteiger partial charge in [-0.2, -0.15) is 0 Å². The summed E-state index contributed by atoms with van der Waals surface area (Å²) in [6, 6.07) is -1.52. The fourth-order valence-electron chi connectivity index (χ4n) is 5.80. The SMILES string of the molecule is CCCCC/C=C\C/C=C\CCCCCCCC(=O)OC(COC(=O)CCCCCCCCCCCCCCCCC)COP(=O)(O)OC[C@H](N)C(=O)O. The summed E-state index contributed by atoms with van der Waals surface area (Å²) < 4.78 is 32.7. The lowest BCUT2D eigenvalue weighted by molar-refractivity contribution is -0.161. The maximum absolute atomic E-state index is 12.6. The van der Waals surface area contributed by atoms with Crippen molar-refractivity contribution in [1.82, 2.24) is 0 Å². The molecule has 0 radical (unpaired) electrons. The zero-order chi connectivity index (χ0) is 40.0. The summed E-state index contributed by atoms with van der Waals surface area (Å²) in [7, 11) is -4.71. The Bertz CT molecular complexity index is 1020. The highest BCUT2D eigenvalue weighted by Crippen LogP contribution is 2.43. The normalized spacial score (nSPS) is 14.0. The van der Waals surface area contributed by atoms with Gasteiger partial charge in [0.1, 0.15) is 12.6 Å². The molecule has 0 aromatic carbocycles. The van der Waals surface area contributed by atoms with E-state index in [1.54, 1.807) is 0 Å². The Balaban J connectivity index is 4.38. The molecule has 0 bridgehead atoms. The fourth-order valence-corrected chi connectivity index (χ4v) is 6.58. The zero-order valence-electron chi connectivity index (χ0n) is 34.1.